The molecule has 0 amide bonds. The van der Waals surface area contributed by atoms with Gasteiger partial charge in [-0.2, -0.15) is 0 Å². The molecule has 0 aliphatic heterocycles. The lowest BCUT2D eigenvalue weighted by Gasteiger charge is -2.10. The van der Waals surface area contributed by atoms with Crippen LogP contribution >= 0.6 is 0 Å². The molecule has 0 atom stereocenters. The van der Waals surface area contributed by atoms with Gasteiger partial charge in [0.15, 0.2) is 0 Å². The zero-order valence-corrected chi connectivity index (χ0v) is 23.9. The Morgan fingerprint density at radius 1 is 0.409 bits per heavy atom. The van der Waals surface area contributed by atoms with Crippen LogP contribution in [0.1, 0.15) is 0 Å². The summed E-state index contributed by atoms with van der Waals surface area (Å²) < 4.78 is 2.37. The van der Waals surface area contributed by atoms with Crippen LogP contribution in [0.4, 0.5) is 0 Å². The van der Waals surface area contributed by atoms with Crippen molar-refractivity contribution >= 4 is 43.6 Å². The zero-order valence-electron chi connectivity index (χ0n) is 23.9. The Morgan fingerprint density at radius 2 is 1.05 bits per heavy atom. The quantitative estimate of drug-likeness (QED) is 0.228. The molecule has 206 valence electrons. The average molecular weight is 562 g/mol. The summed E-state index contributed by atoms with van der Waals surface area (Å²) in [6, 6.07) is 54.2. The molecule has 3 nitrogen and oxygen atoms in total. The van der Waals surface area contributed by atoms with Crippen LogP contribution in [0, 0.1) is 0 Å². The minimum absolute atomic E-state index is 0.983. The lowest BCUT2D eigenvalue weighted by atomic mass is 10.0. The third-order valence-corrected chi connectivity index (χ3v) is 8.80. The number of aromatic amines is 1. The molecule has 0 saturated carbocycles. The summed E-state index contributed by atoms with van der Waals surface area (Å²) in [5.74, 6) is 0. The monoisotopic (exact) mass is 561 g/mol. The van der Waals surface area contributed by atoms with Crippen molar-refractivity contribution < 1.29 is 0 Å². The highest BCUT2D eigenvalue weighted by Crippen LogP contribution is 2.37. The summed E-state index contributed by atoms with van der Waals surface area (Å²) in [5.41, 5.74) is 12.7. The van der Waals surface area contributed by atoms with E-state index in [2.05, 4.69) is 143 Å². The van der Waals surface area contributed by atoms with Gasteiger partial charge in [-0.15, -0.1) is 0 Å². The summed E-state index contributed by atoms with van der Waals surface area (Å²) in [5, 5.41) is 5.02. The van der Waals surface area contributed by atoms with Crippen molar-refractivity contribution in [3.05, 3.63) is 158 Å². The maximum absolute atomic E-state index is 4.73. The number of H-pyrrole nitrogens is 1. The van der Waals surface area contributed by atoms with Gasteiger partial charge in [0.2, 0.25) is 0 Å². The maximum atomic E-state index is 4.73. The molecule has 1 N–H and O–H groups in total. The number of hydrogen-bond donors (Lipinski definition) is 1. The zero-order chi connectivity index (χ0) is 29.0. The Morgan fingerprint density at radius 3 is 1.86 bits per heavy atom. The standard InChI is InChI=1S/C41H27N3/c1-2-8-28(9-3-1)37-21-17-31(26-42-37)27-14-19-32(20-15-27)44-40-13-7-5-11-34(40)36-25-30(18-23-41(36)44)29-16-22-39-35(24-29)33-10-4-6-12-38(33)43-39/h1-26,43H. The van der Waals surface area contributed by atoms with Gasteiger partial charge < -0.3 is 9.55 Å². The second-order valence-corrected chi connectivity index (χ2v) is 11.4. The molecule has 0 aliphatic rings. The van der Waals surface area contributed by atoms with Crippen molar-refractivity contribution in [2.75, 3.05) is 0 Å². The van der Waals surface area contributed by atoms with E-state index >= 15 is 0 Å². The number of fused-ring (bicyclic) bond motifs is 6. The van der Waals surface area contributed by atoms with Crippen LogP contribution in [-0.4, -0.2) is 14.5 Å². The molecular weight excluding hydrogens is 534 g/mol. The minimum Gasteiger partial charge on any atom is -0.355 e. The first-order chi connectivity index (χ1) is 21.8. The van der Waals surface area contributed by atoms with Crippen molar-refractivity contribution in [2.45, 2.75) is 0 Å². The molecule has 0 aliphatic carbocycles. The van der Waals surface area contributed by atoms with Gasteiger partial charge in [0.05, 0.1) is 16.7 Å². The van der Waals surface area contributed by atoms with Gasteiger partial charge in [-0.1, -0.05) is 97.1 Å². The van der Waals surface area contributed by atoms with E-state index in [1.54, 1.807) is 0 Å². The molecule has 3 heterocycles. The molecule has 6 aromatic carbocycles. The molecule has 44 heavy (non-hydrogen) atoms. The van der Waals surface area contributed by atoms with Crippen LogP contribution in [0.25, 0.3) is 82.8 Å². The summed E-state index contributed by atoms with van der Waals surface area (Å²) >= 11 is 0. The van der Waals surface area contributed by atoms with Crippen molar-refractivity contribution in [1.82, 2.24) is 14.5 Å². The Labute approximate surface area is 254 Å². The molecule has 0 fully saturated rings. The van der Waals surface area contributed by atoms with E-state index in [0.29, 0.717) is 0 Å². The molecule has 0 bridgehead atoms. The summed E-state index contributed by atoms with van der Waals surface area (Å²) in [4.78, 5) is 8.28. The first-order valence-corrected chi connectivity index (χ1v) is 15.0. The third-order valence-electron chi connectivity index (χ3n) is 8.80. The molecule has 9 rings (SSSR count). The van der Waals surface area contributed by atoms with Gasteiger partial charge in [-0.05, 0) is 71.3 Å². The van der Waals surface area contributed by atoms with E-state index in [4.69, 9.17) is 4.98 Å². The van der Waals surface area contributed by atoms with Crippen LogP contribution < -0.4 is 0 Å². The number of pyridine rings is 1. The topological polar surface area (TPSA) is 33.6 Å². The van der Waals surface area contributed by atoms with Crippen molar-refractivity contribution in [1.29, 1.82) is 0 Å². The lowest BCUT2D eigenvalue weighted by Crippen LogP contribution is -1.94. The summed E-state index contributed by atoms with van der Waals surface area (Å²) in [6.07, 6.45) is 1.97. The van der Waals surface area contributed by atoms with E-state index in [-0.39, 0.29) is 0 Å². The second-order valence-electron chi connectivity index (χ2n) is 11.4. The predicted octanol–water partition coefficient (Wildman–Crippen LogP) is 10.8. The number of para-hydroxylation sites is 2. The molecular formula is C41H27N3. The van der Waals surface area contributed by atoms with Gasteiger partial charge in [-0.3, -0.25) is 4.98 Å². The fourth-order valence-corrected chi connectivity index (χ4v) is 6.61. The fraction of sp³-hybridized carbons (Fsp3) is 0. The molecule has 0 radical (unpaired) electrons. The number of benzene rings is 6. The largest absolute Gasteiger partial charge is 0.355 e. The average Bonchev–Trinajstić information content (AvgIpc) is 3.64. The van der Waals surface area contributed by atoms with Crippen LogP contribution in [-0.2, 0) is 0 Å². The number of rotatable bonds is 4. The molecule has 0 saturated heterocycles. The highest BCUT2D eigenvalue weighted by atomic mass is 15.0. The Kier molecular flexibility index (Phi) is 5.50. The predicted molar refractivity (Wildman–Crippen MR) is 184 cm³/mol. The Hall–Kier alpha value is -5.93. The van der Waals surface area contributed by atoms with Crippen LogP contribution in [0.3, 0.4) is 0 Å². The van der Waals surface area contributed by atoms with E-state index in [9.17, 15) is 0 Å². The van der Waals surface area contributed by atoms with Crippen molar-refractivity contribution in [3.8, 4) is 39.2 Å². The van der Waals surface area contributed by atoms with E-state index in [1.807, 2.05) is 24.4 Å². The van der Waals surface area contributed by atoms with Crippen LogP contribution in [0.5, 0.6) is 0 Å². The van der Waals surface area contributed by atoms with Gasteiger partial charge in [-0.25, -0.2) is 0 Å². The van der Waals surface area contributed by atoms with E-state index in [1.165, 1.54) is 54.7 Å². The van der Waals surface area contributed by atoms with Crippen molar-refractivity contribution in [3.63, 3.8) is 0 Å². The first-order valence-electron chi connectivity index (χ1n) is 15.0. The normalized spacial score (nSPS) is 11.6. The van der Waals surface area contributed by atoms with Gasteiger partial charge in [0.25, 0.3) is 0 Å². The maximum Gasteiger partial charge on any atom is 0.0702 e. The first kappa shape index (κ1) is 24.6. The Balaban J connectivity index is 1.11. The Bertz CT molecular complexity index is 2460. The van der Waals surface area contributed by atoms with Crippen LogP contribution in [0.15, 0.2) is 158 Å². The van der Waals surface area contributed by atoms with E-state index < -0.39 is 0 Å². The van der Waals surface area contributed by atoms with Gasteiger partial charge in [0, 0.05) is 55.6 Å². The lowest BCUT2D eigenvalue weighted by molar-refractivity contribution is 1.18. The van der Waals surface area contributed by atoms with Gasteiger partial charge in [0.1, 0.15) is 0 Å². The summed E-state index contributed by atoms with van der Waals surface area (Å²) in [6.45, 7) is 0. The number of aromatic nitrogens is 3. The third kappa shape index (κ3) is 3.94. The number of nitrogens with one attached hydrogen (secondary N) is 1. The molecule has 3 aromatic heterocycles. The molecule has 9 aromatic rings. The molecule has 0 unspecified atom stereocenters. The summed E-state index contributed by atoms with van der Waals surface area (Å²) in [7, 11) is 0. The number of nitrogens with zero attached hydrogens (tertiary/aromatic N) is 2. The highest BCUT2D eigenvalue weighted by molar-refractivity contribution is 6.11. The second kappa shape index (κ2) is 9.82. The SMILES string of the molecule is c1ccc(-c2ccc(-c3ccc(-n4c5ccccc5c5cc(-c6ccc7[nH]c8ccccc8c7c6)ccc54)cc3)cn2)cc1. The fourth-order valence-electron chi connectivity index (χ4n) is 6.61. The van der Waals surface area contributed by atoms with Crippen molar-refractivity contribution in [2.24, 2.45) is 0 Å². The van der Waals surface area contributed by atoms with Crippen LogP contribution in [0.2, 0.25) is 0 Å². The number of hydrogen-bond acceptors (Lipinski definition) is 1. The molecule has 3 heteroatoms. The minimum atomic E-state index is 0.983. The van der Waals surface area contributed by atoms with Gasteiger partial charge >= 0.3 is 0 Å². The van der Waals surface area contributed by atoms with E-state index in [0.717, 1.165) is 28.1 Å². The smallest absolute Gasteiger partial charge is 0.0702 e. The highest BCUT2D eigenvalue weighted by Gasteiger charge is 2.14. The molecule has 0 spiro atoms.